The minimum atomic E-state index is -3.51. The second-order valence-corrected chi connectivity index (χ2v) is 8.23. The molecule has 1 aromatic heterocycles. The number of benzene rings is 1. The van der Waals surface area contributed by atoms with E-state index >= 15 is 0 Å². The summed E-state index contributed by atoms with van der Waals surface area (Å²) in [5, 5.41) is 0.428. The van der Waals surface area contributed by atoms with E-state index in [9.17, 15) is 8.42 Å². The van der Waals surface area contributed by atoms with E-state index < -0.39 is 10.0 Å². The van der Waals surface area contributed by atoms with Gasteiger partial charge in [-0.15, -0.1) is 0 Å². The van der Waals surface area contributed by atoms with Crippen molar-refractivity contribution in [2.45, 2.75) is 37.6 Å². The molecule has 0 radical (unpaired) electrons. The molecular formula is C17H19ClN2O2S. The smallest absolute Gasteiger partial charge is 0.243 e. The van der Waals surface area contributed by atoms with Gasteiger partial charge in [0.15, 0.2) is 0 Å². The van der Waals surface area contributed by atoms with Gasteiger partial charge in [-0.3, -0.25) is 0 Å². The summed E-state index contributed by atoms with van der Waals surface area (Å²) >= 11 is 5.92. The third-order valence-corrected chi connectivity index (χ3v) is 6.44. The van der Waals surface area contributed by atoms with E-state index in [-0.39, 0.29) is 6.04 Å². The monoisotopic (exact) mass is 350 g/mol. The van der Waals surface area contributed by atoms with Crippen molar-refractivity contribution in [3.8, 4) is 0 Å². The average Bonchev–Trinajstić information content (AvgIpc) is 2.97. The van der Waals surface area contributed by atoms with Gasteiger partial charge in [0.25, 0.3) is 0 Å². The molecule has 0 spiro atoms. The van der Waals surface area contributed by atoms with Crippen molar-refractivity contribution in [3.05, 3.63) is 58.4 Å². The molecule has 0 amide bonds. The van der Waals surface area contributed by atoms with Gasteiger partial charge >= 0.3 is 0 Å². The maximum atomic E-state index is 13.0. The highest BCUT2D eigenvalue weighted by atomic mass is 35.5. The van der Waals surface area contributed by atoms with Crippen LogP contribution in [0.3, 0.4) is 0 Å². The van der Waals surface area contributed by atoms with E-state index in [4.69, 9.17) is 11.6 Å². The maximum absolute atomic E-state index is 13.0. The third kappa shape index (κ3) is 3.13. The van der Waals surface area contributed by atoms with Crippen LogP contribution >= 0.6 is 11.6 Å². The standard InChI is InChI=1S/C17H19ClN2O2S/c1-12-5-7-14(8-6-12)23(21,22)20-9-3-4-16(20)15-11-19-17(18)10-13(15)2/h5-8,10-11,16H,3-4,9H2,1-2H3. The van der Waals surface area contributed by atoms with E-state index in [1.807, 2.05) is 26.0 Å². The van der Waals surface area contributed by atoms with Crippen molar-refractivity contribution in [1.82, 2.24) is 9.29 Å². The minimum Gasteiger partial charge on any atom is -0.244 e. The number of aromatic nitrogens is 1. The molecule has 1 aliphatic heterocycles. The molecule has 4 nitrogen and oxygen atoms in total. The predicted octanol–water partition coefficient (Wildman–Crippen LogP) is 3.88. The highest BCUT2D eigenvalue weighted by Crippen LogP contribution is 2.37. The molecule has 3 rings (SSSR count). The summed E-state index contributed by atoms with van der Waals surface area (Å²) < 4.78 is 27.6. The second kappa shape index (κ2) is 6.23. The fourth-order valence-electron chi connectivity index (χ4n) is 3.07. The normalized spacial score (nSPS) is 19.2. The van der Waals surface area contributed by atoms with Crippen LogP contribution in [0.5, 0.6) is 0 Å². The van der Waals surface area contributed by atoms with Crippen LogP contribution in [0.1, 0.15) is 35.6 Å². The first kappa shape index (κ1) is 16.4. The molecule has 0 saturated carbocycles. The van der Waals surface area contributed by atoms with Gasteiger partial charge < -0.3 is 0 Å². The first-order valence-corrected chi connectivity index (χ1v) is 9.42. The van der Waals surface area contributed by atoms with Crippen molar-refractivity contribution in [2.75, 3.05) is 6.54 Å². The topological polar surface area (TPSA) is 50.3 Å². The Balaban J connectivity index is 1.99. The lowest BCUT2D eigenvalue weighted by Gasteiger charge is -2.25. The molecule has 6 heteroatoms. The number of rotatable bonds is 3. The molecule has 1 fully saturated rings. The Kier molecular flexibility index (Phi) is 4.45. The van der Waals surface area contributed by atoms with Gasteiger partial charge in [-0.05, 0) is 56.0 Å². The Bertz CT molecular complexity index is 819. The summed E-state index contributed by atoms with van der Waals surface area (Å²) in [5.74, 6) is 0. The quantitative estimate of drug-likeness (QED) is 0.789. The highest BCUT2D eigenvalue weighted by molar-refractivity contribution is 7.89. The molecule has 122 valence electrons. The molecule has 0 aliphatic carbocycles. The zero-order valence-corrected chi connectivity index (χ0v) is 14.7. The number of nitrogens with zero attached hydrogens (tertiary/aromatic N) is 2. The molecular weight excluding hydrogens is 332 g/mol. The molecule has 1 aromatic carbocycles. The number of hydrogen-bond acceptors (Lipinski definition) is 3. The van der Waals surface area contributed by atoms with E-state index in [1.165, 1.54) is 0 Å². The second-order valence-electron chi connectivity index (χ2n) is 5.95. The van der Waals surface area contributed by atoms with E-state index in [2.05, 4.69) is 4.98 Å². The number of sulfonamides is 1. The Labute approximate surface area is 142 Å². The average molecular weight is 351 g/mol. The molecule has 0 N–H and O–H groups in total. The summed E-state index contributed by atoms with van der Waals surface area (Å²) in [5.41, 5.74) is 2.95. The molecule has 0 bridgehead atoms. The Morgan fingerprint density at radius 2 is 1.91 bits per heavy atom. The molecule has 1 unspecified atom stereocenters. The van der Waals surface area contributed by atoms with Crippen LogP contribution in [0.4, 0.5) is 0 Å². The molecule has 2 heterocycles. The molecule has 1 atom stereocenters. The van der Waals surface area contributed by atoms with Crippen molar-refractivity contribution in [2.24, 2.45) is 0 Å². The highest BCUT2D eigenvalue weighted by Gasteiger charge is 2.36. The van der Waals surface area contributed by atoms with Crippen LogP contribution in [0.15, 0.2) is 41.4 Å². The van der Waals surface area contributed by atoms with Crippen molar-refractivity contribution < 1.29 is 8.42 Å². The molecule has 2 aromatic rings. The summed E-state index contributed by atoms with van der Waals surface area (Å²) in [6.45, 7) is 4.42. The maximum Gasteiger partial charge on any atom is 0.243 e. The minimum absolute atomic E-state index is 0.175. The van der Waals surface area contributed by atoms with Crippen molar-refractivity contribution in [1.29, 1.82) is 0 Å². The van der Waals surface area contributed by atoms with Gasteiger partial charge in [0.1, 0.15) is 5.15 Å². The molecule has 1 aliphatic rings. The van der Waals surface area contributed by atoms with Crippen LogP contribution < -0.4 is 0 Å². The lowest BCUT2D eigenvalue weighted by molar-refractivity contribution is 0.395. The largest absolute Gasteiger partial charge is 0.244 e. The van der Waals surface area contributed by atoms with E-state index in [1.54, 1.807) is 28.7 Å². The van der Waals surface area contributed by atoms with Crippen LogP contribution in [-0.4, -0.2) is 24.3 Å². The Morgan fingerprint density at radius 3 is 2.57 bits per heavy atom. The van der Waals surface area contributed by atoms with Crippen molar-refractivity contribution in [3.63, 3.8) is 0 Å². The molecule has 1 saturated heterocycles. The van der Waals surface area contributed by atoms with Gasteiger partial charge in [-0.25, -0.2) is 13.4 Å². The lowest BCUT2D eigenvalue weighted by Crippen LogP contribution is -2.31. The van der Waals surface area contributed by atoms with Crippen LogP contribution in [0.25, 0.3) is 0 Å². The number of halogens is 1. The summed E-state index contributed by atoms with van der Waals surface area (Å²) in [7, 11) is -3.51. The predicted molar refractivity (Wildman–Crippen MR) is 91.0 cm³/mol. The summed E-state index contributed by atoms with van der Waals surface area (Å²) in [6.07, 6.45) is 3.35. The molecule has 23 heavy (non-hydrogen) atoms. The van der Waals surface area contributed by atoms with Crippen molar-refractivity contribution >= 4 is 21.6 Å². The lowest BCUT2D eigenvalue weighted by atomic mass is 10.0. The Morgan fingerprint density at radius 1 is 1.22 bits per heavy atom. The Hall–Kier alpha value is -1.43. The summed E-state index contributed by atoms with van der Waals surface area (Å²) in [6, 6.07) is 8.61. The van der Waals surface area contributed by atoms with Gasteiger partial charge in [0.2, 0.25) is 10.0 Å². The van der Waals surface area contributed by atoms with Gasteiger partial charge in [0, 0.05) is 12.7 Å². The van der Waals surface area contributed by atoms with Crippen LogP contribution in [0.2, 0.25) is 5.15 Å². The number of pyridine rings is 1. The zero-order valence-electron chi connectivity index (χ0n) is 13.2. The fraction of sp³-hybridized carbons (Fsp3) is 0.353. The van der Waals surface area contributed by atoms with Gasteiger partial charge in [-0.1, -0.05) is 29.3 Å². The number of hydrogen-bond donors (Lipinski definition) is 0. The van der Waals surface area contributed by atoms with Crippen LogP contribution in [-0.2, 0) is 10.0 Å². The fourth-order valence-corrected chi connectivity index (χ4v) is 4.95. The summed E-state index contributed by atoms with van der Waals surface area (Å²) in [4.78, 5) is 4.47. The van der Waals surface area contributed by atoms with E-state index in [0.29, 0.717) is 16.6 Å². The third-order valence-electron chi connectivity index (χ3n) is 4.31. The first-order chi connectivity index (χ1) is 10.9. The zero-order chi connectivity index (χ0) is 16.6. The number of aryl methyl sites for hydroxylation is 2. The SMILES string of the molecule is Cc1ccc(S(=O)(=O)N2CCCC2c2cnc(Cl)cc2C)cc1. The van der Waals surface area contributed by atoms with Gasteiger partial charge in [0.05, 0.1) is 10.9 Å². The van der Waals surface area contributed by atoms with E-state index in [0.717, 1.165) is 29.5 Å². The van der Waals surface area contributed by atoms with Gasteiger partial charge in [-0.2, -0.15) is 4.31 Å². The first-order valence-electron chi connectivity index (χ1n) is 7.60. The van der Waals surface area contributed by atoms with Crippen LogP contribution in [0, 0.1) is 13.8 Å².